The fourth-order valence-electron chi connectivity index (χ4n) is 1.78. The van der Waals surface area contributed by atoms with E-state index in [1.807, 2.05) is 0 Å². The maximum absolute atomic E-state index is 12.0. The molecule has 0 spiro atoms. The van der Waals surface area contributed by atoms with Gasteiger partial charge in [0.25, 0.3) is 5.91 Å². The van der Waals surface area contributed by atoms with Gasteiger partial charge in [-0.05, 0) is 30.5 Å². The van der Waals surface area contributed by atoms with E-state index < -0.39 is 0 Å². The van der Waals surface area contributed by atoms with Crippen LogP contribution in [0.2, 0.25) is 0 Å². The van der Waals surface area contributed by atoms with Crippen LogP contribution in [0, 0.1) is 4.91 Å². The van der Waals surface area contributed by atoms with Crippen LogP contribution < -0.4 is 5.84 Å². The van der Waals surface area contributed by atoms with E-state index in [-0.39, 0.29) is 12.5 Å². The fraction of sp³-hybridized carbons (Fsp3) is 0.429. The molecular weight excluding hydrogens is 258 g/mol. The minimum absolute atomic E-state index is 0.0948. The van der Waals surface area contributed by atoms with Gasteiger partial charge in [0.15, 0.2) is 0 Å². The molecule has 0 atom stereocenters. The molecular formula is C14H19N3O3. The molecule has 20 heavy (non-hydrogen) atoms. The SMILES string of the molecule is NN(CCCCCC=O)C(=O)c1ccc(CN=O)cc1. The van der Waals surface area contributed by atoms with Gasteiger partial charge in [0.2, 0.25) is 0 Å². The lowest BCUT2D eigenvalue weighted by molar-refractivity contribution is -0.107. The van der Waals surface area contributed by atoms with Gasteiger partial charge in [0.05, 0.1) is 0 Å². The van der Waals surface area contributed by atoms with Crippen LogP contribution >= 0.6 is 0 Å². The number of carbonyl (C=O) groups excluding carboxylic acids is 2. The summed E-state index contributed by atoms with van der Waals surface area (Å²) in [6, 6.07) is 6.64. The highest BCUT2D eigenvalue weighted by molar-refractivity contribution is 5.93. The maximum atomic E-state index is 12.0. The average molecular weight is 277 g/mol. The third-order valence-electron chi connectivity index (χ3n) is 2.93. The van der Waals surface area contributed by atoms with Crippen molar-refractivity contribution in [3.05, 3.63) is 40.3 Å². The number of amides is 1. The van der Waals surface area contributed by atoms with Crippen molar-refractivity contribution in [3.63, 3.8) is 0 Å². The number of nitroso groups, excluding NO2 is 1. The van der Waals surface area contributed by atoms with E-state index in [1.54, 1.807) is 24.3 Å². The second-order valence-corrected chi connectivity index (χ2v) is 4.50. The number of nitrogens with two attached hydrogens (primary N) is 1. The Morgan fingerprint density at radius 2 is 1.90 bits per heavy atom. The topological polar surface area (TPSA) is 92.8 Å². The molecule has 1 aromatic rings. The van der Waals surface area contributed by atoms with Gasteiger partial charge in [-0.2, -0.15) is 4.91 Å². The zero-order valence-electron chi connectivity index (χ0n) is 11.3. The number of unbranched alkanes of at least 4 members (excludes halogenated alkanes) is 3. The molecule has 0 aliphatic rings. The molecule has 0 aliphatic heterocycles. The zero-order valence-corrected chi connectivity index (χ0v) is 11.3. The molecule has 0 radical (unpaired) electrons. The van der Waals surface area contributed by atoms with Crippen LogP contribution in [0.5, 0.6) is 0 Å². The van der Waals surface area contributed by atoms with Gasteiger partial charge < -0.3 is 4.79 Å². The van der Waals surface area contributed by atoms with E-state index in [0.717, 1.165) is 31.1 Å². The first kappa shape index (κ1) is 16.0. The molecule has 1 aromatic carbocycles. The summed E-state index contributed by atoms with van der Waals surface area (Å²) in [4.78, 5) is 32.3. The van der Waals surface area contributed by atoms with E-state index in [4.69, 9.17) is 5.84 Å². The number of hydrogen-bond donors (Lipinski definition) is 1. The Morgan fingerprint density at radius 1 is 1.20 bits per heavy atom. The standard InChI is InChI=1S/C14H19N3O3/c15-17(9-3-1-2-4-10-18)14(19)13-7-5-12(6-8-13)11-16-20/h5-8,10H,1-4,9,11,15H2. The summed E-state index contributed by atoms with van der Waals surface area (Å²) < 4.78 is 0. The second kappa shape index (κ2) is 8.92. The molecule has 108 valence electrons. The van der Waals surface area contributed by atoms with Crippen LogP contribution in [-0.2, 0) is 11.3 Å². The molecule has 1 rings (SSSR count). The van der Waals surface area contributed by atoms with Crippen LogP contribution in [0.1, 0.15) is 41.6 Å². The monoisotopic (exact) mass is 277 g/mol. The lowest BCUT2D eigenvalue weighted by Gasteiger charge is -2.16. The smallest absolute Gasteiger partial charge is 0.267 e. The number of nitrogens with zero attached hydrogens (tertiary/aromatic N) is 2. The van der Waals surface area contributed by atoms with Crippen molar-refractivity contribution in [2.24, 2.45) is 11.0 Å². The molecule has 0 heterocycles. The molecule has 0 fully saturated rings. The summed E-state index contributed by atoms with van der Waals surface area (Å²) in [6.45, 7) is 0.548. The molecule has 0 aliphatic carbocycles. The van der Waals surface area contributed by atoms with E-state index in [9.17, 15) is 14.5 Å². The minimum Gasteiger partial charge on any atom is -0.303 e. The van der Waals surface area contributed by atoms with Crippen LogP contribution in [0.15, 0.2) is 29.4 Å². The predicted octanol–water partition coefficient (Wildman–Crippen LogP) is 2.03. The van der Waals surface area contributed by atoms with Crippen molar-refractivity contribution in [1.29, 1.82) is 0 Å². The highest BCUT2D eigenvalue weighted by Crippen LogP contribution is 2.08. The van der Waals surface area contributed by atoms with E-state index in [2.05, 4.69) is 5.18 Å². The van der Waals surface area contributed by atoms with Crippen molar-refractivity contribution >= 4 is 12.2 Å². The maximum Gasteiger partial charge on any atom is 0.267 e. The first-order valence-electron chi connectivity index (χ1n) is 6.57. The number of aldehydes is 1. The highest BCUT2D eigenvalue weighted by Gasteiger charge is 2.11. The van der Waals surface area contributed by atoms with Crippen molar-refractivity contribution in [2.75, 3.05) is 6.54 Å². The third kappa shape index (κ3) is 5.27. The van der Waals surface area contributed by atoms with Gasteiger partial charge in [0.1, 0.15) is 12.8 Å². The number of rotatable bonds is 9. The summed E-state index contributed by atoms with van der Waals surface area (Å²) in [5.41, 5.74) is 1.24. The third-order valence-corrected chi connectivity index (χ3v) is 2.93. The average Bonchev–Trinajstić information content (AvgIpc) is 2.47. The van der Waals surface area contributed by atoms with Crippen LogP contribution in [-0.4, -0.2) is 23.7 Å². The van der Waals surface area contributed by atoms with E-state index >= 15 is 0 Å². The van der Waals surface area contributed by atoms with Gasteiger partial charge in [0, 0.05) is 18.5 Å². The molecule has 0 bridgehead atoms. The fourth-order valence-corrected chi connectivity index (χ4v) is 1.78. The zero-order chi connectivity index (χ0) is 14.8. The van der Waals surface area contributed by atoms with E-state index in [1.165, 1.54) is 5.01 Å². The van der Waals surface area contributed by atoms with Crippen LogP contribution in [0.4, 0.5) is 0 Å². The van der Waals surface area contributed by atoms with Gasteiger partial charge in [-0.3, -0.25) is 9.80 Å². The molecule has 2 N–H and O–H groups in total. The molecule has 1 amide bonds. The first-order valence-corrected chi connectivity index (χ1v) is 6.57. The second-order valence-electron chi connectivity index (χ2n) is 4.50. The van der Waals surface area contributed by atoms with Gasteiger partial charge in [-0.25, -0.2) is 5.84 Å². The first-order chi connectivity index (χ1) is 9.69. The van der Waals surface area contributed by atoms with E-state index in [0.29, 0.717) is 18.5 Å². The number of carbonyl (C=O) groups is 2. The molecule has 6 heteroatoms. The predicted molar refractivity (Wildman–Crippen MR) is 75.7 cm³/mol. The van der Waals surface area contributed by atoms with Gasteiger partial charge in [-0.1, -0.05) is 23.7 Å². The molecule has 6 nitrogen and oxygen atoms in total. The minimum atomic E-state index is -0.258. The highest BCUT2D eigenvalue weighted by atomic mass is 16.3. The van der Waals surface area contributed by atoms with Gasteiger partial charge >= 0.3 is 0 Å². The molecule has 0 saturated carbocycles. The van der Waals surface area contributed by atoms with Crippen LogP contribution in [0.25, 0.3) is 0 Å². The lowest BCUT2D eigenvalue weighted by Crippen LogP contribution is -2.38. The Balaban J connectivity index is 2.43. The Morgan fingerprint density at radius 3 is 2.50 bits per heavy atom. The Labute approximate surface area is 117 Å². The molecule has 0 unspecified atom stereocenters. The summed E-state index contributed by atoms with van der Waals surface area (Å²) in [6.07, 6.45) is 3.89. The largest absolute Gasteiger partial charge is 0.303 e. The summed E-state index contributed by atoms with van der Waals surface area (Å²) in [7, 11) is 0. The lowest BCUT2D eigenvalue weighted by atomic mass is 10.1. The summed E-state index contributed by atoms with van der Waals surface area (Å²) >= 11 is 0. The van der Waals surface area contributed by atoms with Crippen molar-refractivity contribution < 1.29 is 9.59 Å². The Kier molecular flexibility index (Phi) is 7.13. The van der Waals surface area contributed by atoms with Crippen molar-refractivity contribution in [2.45, 2.75) is 32.2 Å². The molecule has 0 saturated heterocycles. The Bertz CT molecular complexity index is 445. The van der Waals surface area contributed by atoms with Gasteiger partial charge in [-0.15, -0.1) is 0 Å². The van der Waals surface area contributed by atoms with Crippen molar-refractivity contribution in [1.82, 2.24) is 5.01 Å². The summed E-state index contributed by atoms with van der Waals surface area (Å²) in [5.74, 6) is 5.45. The Hall–Kier alpha value is -2.08. The number of hydrazine groups is 1. The quantitative estimate of drug-likeness (QED) is 0.187. The number of hydrogen-bond acceptors (Lipinski definition) is 5. The number of benzene rings is 1. The normalized spacial score (nSPS) is 10.1. The molecule has 0 aromatic heterocycles. The van der Waals surface area contributed by atoms with Crippen LogP contribution in [0.3, 0.4) is 0 Å². The summed E-state index contributed by atoms with van der Waals surface area (Å²) in [5, 5.41) is 3.96. The van der Waals surface area contributed by atoms with Crippen molar-refractivity contribution in [3.8, 4) is 0 Å².